The number of nitrogens with zero attached hydrogens (tertiary/aromatic N) is 4. The predicted octanol–water partition coefficient (Wildman–Crippen LogP) is 2.70. The molecule has 0 unspecified atom stereocenters. The topological polar surface area (TPSA) is 58.6 Å². The van der Waals surface area contributed by atoms with Crippen molar-refractivity contribution < 1.29 is 13.9 Å². The minimum atomic E-state index is -0.268. The second-order valence-corrected chi connectivity index (χ2v) is 6.96. The number of anilines is 1. The zero-order chi connectivity index (χ0) is 19.4. The molecule has 0 radical (unpaired) electrons. The van der Waals surface area contributed by atoms with E-state index in [0.717, 1.165) is 29.7 Å². The van der Waals surface area contributed by atoms with E-state index >= 15 is 0 Å². The van der Waals surface area contributed by atoms with Gasteiger partial charge in [-0.05, 0) is 30.5 Å². The van der Waals surface area contributed by atoms with Crippen molar-refractivity contribution in [3.05, 3.63) is 42.0 Å². The lowest BCUT2D eigenvalue weighted by atomic mass is 9.89. The minimum absolute atomic E-state index is 0.0198. The van der Waals surface area contributed by atoms with Gasteiger partial charge < -0.3 is 14.5 Å². The lowest BCUT2D eigenvalue weighted by Gasteiger charge is -2.32. The molecule has 1 saturated heterocycles. The molecule has 0 atom stereocenters. The number of hydrogen-bond acceptors (Lipinski definition) is 5. The van der Waals surface area contributed by atoms with Crippen LogP contribution in [0.5, 0.6) is 0 Å². The van der Waals surface area contributed by atoms with E-state index in [-0.39, 0.29) is 24.2 Å². The molecule has 6 nitrogen and oxygen atoms in total. The van der Waals surface area contributed by atoms with Gasteiger partial charge in [-0.2, -0.15) is 0 Å². The van der Waals surface area contributed by atoms with Crippen molar-refractivity contribution in [2.45, 2.75) is 18.8 Å². The molecule has 27 heavy (non-hydrogen) atoms. The van der Waals surface area contributed by atoms with Crippen molar-refractivity contribution in [2.75, 3.05) is 45.8 Å². The van der Waals surface area contributed by atoms with Crippen LogP contribution in [0, 0.1) is 5.82 Å². The maximum absolute atomic E-state index is 13.3. The van der Waals surface area contributed by atoms with Gasteiger partial charge in [0, 0.05) is 52.0 Å². The van der Waals surface area contributed by atoms with Crippen molar-refractivity contribution in [3.63, 3.8) is 0 Å². The van der Waals surface area contributed by atoms with Crippen LogP contribution in [0.1, 0.15) is 24.5 Å². The summed E-state index contributed by atoms with van der Waals surface area (Å²) in [6, 6.07) is 6.41. The summed E-state index contributed by atoms with van der Waals surface area (Å²) in [6.07, 6.45) is 3.47. The third-order valence-electron chi connectivity index (χ3n) is 4.86. The molecule has 1 aromatic heterocycles. The Morgan fingerprint density at radius 3 is 2.52 bits per heavy atom. The first-order chi connectivity index (χ1) is 13.0. The summed E-state index contributed by atoms with van der Waals surface area (Å²) in [4.78, 5) is 25.0. The van der Waals surface area contributed by atoms with Gasteiger partial charge in [-0.1, -0.05) is 12.1 Å². The number of ether oxygens (including phenoxy) is 1. The van der Waals surface area contributed by atoms with Gasteiger partial charge in [-0.25, -0.2) is 14.4 Å². The average molecular weight is 372 g/mol. The molecule has 144 valence electrons. The Kier molecular flexibility index (Phi) is 6.01. The fourth-order valence-corrected chi connectivity index (χ4v) is 3.38. The highest BCUT2D eigenvalue weighted by Gasteiger charge is 2.27. The molecule has 0 saturated carbocycles. The number of rotatable bonds is 5. The van der Waals surface area contributed by atoms with Crippen LogP contribution in [0.2, 0.25) is 0 Å². The fourth-order valence-electron chi connectivity index (χ4n) is 3.38. The molecule has 1 amide bonds. The highest BCUT2D eigenvalue weighted by Crippen LogP contribution is 2.34. The summed E-state index contributed by atoms with van der Waals surface area (Å²) in [5.74, 6) is 0.620. The van der Waals surface area contributed by atoms with Crippen LogP contribution in [0.25, 0.3) is 11.1 Å². The Morgan fingerprint density at radius 1 is 1.26 bits per heavy atom. The lowest BCUT2D eigenvalue weighted by molar-refractivity contribution is -0.136. The second-order valence-electron chi connectivity index (χ2n) is 6.96. The Morgan fingerprint density at radius 2 is 1.93 bits per heavy atom. The van der Waals surface area contributed by atoms with Crippen LogP contribution in [0.15, 0.2) is 30.5 Å². The molecule has 1 fully saturated rings. The highest BCUT2D eigenvalue weighted by atomic mass is 19.1. The van der Waals surface area contributed by atoms with Crippen molar-refractivity contribution in [1.82, 2.24) is 14.9 Å². The van der Waals surface area contributed by atoms with E-state index in [1.54, 1.807) is 12.1 Å². The summed E-state index contributed by atoms with van der Waals surface area (Å²) in [5.41, 5.74) is 2.77. The third-order valence-corrected chi connectivity index (χ3v) is 4.86. The number of carbonyl (C=O) groups excluding carboxylic acids is 1. The SMILES string of the molecule is COCC(=O)N1CCC(c2nc(N(C)C)ncc2-c2ccc(F)cc2)CC1. The van der Waals surface area contributed by atoms with Gasteiger partial charge in [-0.15, -0.1) is 0 Å². The number of amides is 1. The number of aromatic nitrogens is 2. The summed E-state index contributed by atoms with van der Waals surface area (Å²) in [6.45, 7) is 1.47. The molecule has 0 N–H and O–H groups in total. The van der Waals surface area contributed by atoms with Crippen molar-refractivity contribution in [3.8, 4) is 11.1 Å². The molecular formula is C20H25FN4O2. The minimum Gasteiger partial charge on any atom is -0.375 e. The summed E-state index contributed by atoms with van der Waals surface area (Å²) in [7, 11) is 5.34. The number of methoxy groups -OCH3 is 1. The standard InChI is InChI=1S/C20H25FN4O2/c1-24(2)20-22-12-17(14-4-6-16(21)7-5-14)19(23-20)15-8-10-25(11-9-15)18(26)13-27-3/h4-7,12,15H,8-11,13H2,1-3H3. The number of hydrogen-bond donors (Lipinski definition) is 0. The van der Waals surface area contributed by atoms with Gasteiger partial charge in [0.2, 0.25) is 11.9 Å². The first-order valence-corrected chi connectivity index (χ1v) is 9.06. The third kappa shape index (κ3) is 4.42. The zero-order valence-corrected chi connectivity index (χ0v) is 16.0. The number of halogens is 1. The van der Waals surface area contributed by atoms with Crippen LogP contribution >= 0.6 is 0 Å². The largest absolute Gasteiger partial charge is 0.375 e. The van der Waals surface area contributed by atoms with Crippen LogP contribution in [0.3, 0.4) is 0 Å². The Hall–Kier alpha value is -2.54. The van der Waals surface area contributed by atoms with E-state index in [2.05, 4.69) is 4.98 Å². The molecule has 0 spiro atoms. The monoisotopic (exact) mass is 372 g/mol. The molecule has 0 bridgehead atoms. The van der Waals surface area contributed by atoms with Crippen LogP contribution in [-0.4, -0.2) is 61.7 Å². The van der Waals surface area contributed by atoms with E-state index in [1.165, 1.54) is 19.2 Å². The molecule has 2 heterocycles. The van der Waals surface area contributed by atoms with Gasteiger partial charge >= 0.3 is 0 Å². The lowest BCUT2D eigenvalue weighted by Crippen LogP contribution is -2.40. The van der Waals surface area contributed by atoms with Crippen LogP contribution < -0.4 is 4.90 Å². The second kappa shape index (κ2) is 8.43. The quantitative estimate of drug-likeness (QED) is 0.808. The van der Waals surface area contributed by atoms with E-state index < -0.39 is 0 Å². The first kappa shape index (κ1) is 19.2. The molecule has 2 aromatic rings. The average Bonchev–Trinajstić information content (AvgIpc) is 2.68. The van der Waals surface area contributed by atoms with Gasteiger partial charge in [0.1, 0.15) is 12.4 Å². The molecule has 1 aliphatic heterocycles. The molecule has 7 heteroatoms. The Bertz CT molecular complexity index is 787. The van der Waals surface area contributed by atoms with E-state index in [4.69, 9.17) is 9.72 Å². The van der Waals surface area contributed by atoms with Crippen molar-refractivity contribution >= 4 is 11.9 Å². The fraction of sp³-hybridized carbons (Fsp3) is 0.450. The normalized spacial score (nSPS) is 15.0. The van der Waals surface area contributed by atoms with Crippen LogP contribution in [-0.2, 0) is 9.53 Å². The van der Waals surface area contributed by atoms with Crippen molar-refractivity contribution in [2.24, 2.45) is 0 Å². The van der Waals surface area contributed by atoms with Gasteiger partial charge in [0.15, 0.2) is 0 Å². The van der Waals surface area contributed by atoms with Gasteiger partial charge in [0.25, 0.3) is 0 Å². The number of benzene rings is 1. The Labute approximate surface area is 159 Å². The number of carbonyl (C=O) groups is 1. The molecule has 1 aromatic carbocycles. The van der Waals surface area contributed by atoms with Gasteiger partial charge in [0.05, 0.1) is 5.69 Å². The molecule has 3 rings (SSSR count). The summed E-state index contributed by atoms with van der Waals surface area (Å²) < 4.78 is 18.3. The molecular weight excluding hydrogens is 347 g/mol. The number of piperidine rings is 1. The van der Waals surface area contributed by atoms with Crippen molar-refractivity contribution in [1.29, 1.82) is 0 Å². The van der Waals surface area contributed by atoms with Gasteiger partial charge in [-0.3, -0.25) is 4.79 Å². The maximum Gasteiger partial charge on any atom is 0.248 e. The molecule has 1 aliphatic rings. The first-order valence-electron chi connectivity index (χ1n) is 9.06. The van der Waals surface area contributed by atoms with Crippen LogP contribution in [0.4, 0.5) is 10.3 Å². The zero-order valence-electron chi connectivity index (χ0n) is 16.0. The molecule has 0 aliphatic carbocycles. The van der Waals surface area contributed by atoms with E-state index in [0.29, 0.717) is 19.0 Å². The Balaban J connectivity index is 1.88. The number of likely N-dealkylation sites (tertiary alicyclic amines) is 1. The summed E-state index contributed by atoms with van der Waals surface area (Å²) in [5, 5.41) is 0. The summed E-state index contributed by atoms with van der Waals surface area (Å²) >= 11 is 0. The highest BCUT2D eigenvalue weighted by molar-refractivity contribution is 5.77. The van der Waals surface area contributed by atoms with E-state index in [1.807, 2.05) is 30.1 Å². The van der Waals surface area contributed by atoms with E-state index in [9.17, 15) is 9.18 Å². The smallest absolute Gasteiger partial charge is 0.248 e. The predicted molar refractivity (Wildman–Crippen MR) is 102 cm³/mol. The maximum atomic E-state index is 13.3.